The first-order valence-electron chi connectivity index (χ1n) is 9.57. The highest BCUT2D eigenvalue weighted by molar-refractivity contribution is 5.94. The summed E-state index contributed by atoms with van der Waals surface area (Å²) in [5, 5.41) is 2.82. The van der Waals surface area contributed by atoms with Gasteiger partial charge in [-0.25, -0.2) is 4.98 Å². The zero-order valence-electron chi connectivity index (χ0n) is 16.6. The van der Waals surface area contributed by atoms with Crippen molar-refractivity contribution in [1.82, 2.24) is 15.3 Å². The van der Waals surface area contributed by atoms with E-state index >= 15 is 0 Å². The van der Waals surface area contributed by atoms with Crippen molar-refractivity contribution in [3.63, 3.8) is 0 Å². The van der Waals surface area contributed by atoms with Crippen LogP contribution in [0, 0.1) is 12.8 Å². The molecule has 0 aliphatic heterocycles. The van der Waals surface area contributed by atoms with Crippen molar-refractivity contribution in [3.8, 4) is 5.88 Å². The molecule has 1 N–H and O–H groups in total. The molecule has 1 unspecified atom stereocenters. The van der Waals surface area contributed by atoms with Crippen LogP contribution in [0.1, 0.15) is 53.0 Å². The molecule has 0 bridgehead atoms. The van der Waals surface area contributed by atoms with Crippen LogP contribution in [0.15, 0.2) is 30.6 Å². The van der Waals surface area contributed by atoms with Crippen LogP contribution in [0.5, 0.6) is 5.88 Å². The first kappa shape index (κ1) is 21.7. The largest absolute Gasteiger partial charge is 0.468 e. The lowest BCUT2D eigenvalue weighted by atomic mass is 10.1. The predicted molar refractivity (Wildman–Crippen MR) is 102 cm³/mol. The number of Topliss-reactive ketones (excluding diaryl/α,β-unsaturated/α-hetero) is 1. The van der Waals surface area contributed by atoms with Crippen molar-refractivity contribution in [1.29, 1.82) is 0 Å². The Morgan fingerprint density at radius 2 is 2.00 bits per heavy atom. The van der Waals surface area contributed by atoms with Crippen LogP contribution in [0.2, 0.25) is 0 Å². The zero-order chi connectivity index (χ0) is 21.9. The maximum Gasteiger partial charge on any atom is 0.422 e. The highest BCUT2D eigenvalue weighted by Crippen LogP contribution is 2.30. The summed E-state index contributed by atoms with van der Waals surface area (Å²) in [5.41, 5.74) is 1.99. The van der Waals surface area contributed by atoms with Crippen LogP contribution in [-0.4, -0.2) is 34.4 Å². The number of ether oxygens (including phenoxy) is 1. The molecule has 1 amide bonds. The smallest absolute Gasteiger partial charge is 0.422 e. The van der Waals surface area contributed by atoms with E-state index in [0.29, 0.717) is 22.4 Å². The van der Waals surface area contributed by atoms with Gasteiger partial charge < -0.3 is 10.1 Å². The van der Waals surface area contributed by atoms with Gasteiger partial charge in [0.15, 0.2) is 6.61 Å². The van der Waals surface area contributed by atoms with Crippen LogP contribution >= 0.6 is 0 Å². The number of rotatable bonds is 8. The number of aromatic nitrogens is 2. The third kappa shape index (κ3) is 6.01. The Balaban J connectivity index is 1.62. The molecular weight excluding hydrogens is 399 g/mol. The van der Waals surface area contributed by atoms with E-state index in [1.807, 2.05) is 0 Å². The minimum Gasteiger partial charge on any atom is -0.468 e. The first-order chi connectivity index (χ1) is 14.1. The first-order valence-corrected chi connectivity index (χ1v) is 9.57. The lowest BCUT2D eigenvalue weighted by molar-refractivity contribution is -0.154. The second kappa shape index (κ2) is 8.81. The summed E-state index contributed by atoms with van der Waals surface area (Å²) in [6.45, 7) is 1.91. The normalized spacial score (nSPS) is 14.8. The molecule has 1 atom stereocenters. The van der Waals surface area contributed by atoms with E-state index in [2.05, 4.69) is 15.3 Å². The molecule has 2 heterocycles. The molecule has 1 fully saturated rings. The fourth-order valence-electron chi connectivity index (χ4n) is 2.93. The summed E-state index contributed by atoms with van der Waals surface area (Å²) < 4.78 is 41.6. The molecule has 9 heteroatoms. The average Bonchev–Trinajstić information content (AvgIpc) is 3.51. The van der Waals surface area contributed by atoms with E-state index in [1.165, 1.54) is 12.4 Å². The van der Waals surface area contributed by atoms with Crippen LogP contribution < -0.4 is 10.1 Å². The Morgan fingerprint density at radius 1 is 1.27 bits per heavy atom. The zero-order valence-corrected chi connectivity index (χ0v) is 16.6. The minimum atomic E-state index is -4.44. The topological polar surface area (TPSA) is 81.2 Å². The molecular formula is C21H22F3N3O3. The van der Waals surface area contributed by atoms with Crippen molar-refractivity contribution in [2.75, 3.05) is 6.61 Å². The van der Waals surface area contributed by atoms with Gasteiger partial charge in [-0.05, 0) is 50.5 Å². The average molecular weight is 421 g/mol. The number of carbonyl (C=O) groups is 2. The summed E-state index contributed by atoms with van der Waals surface area (Å²) in [7, 11) is 0. The van der Waals surface area contributed by atoms with Gasteiger partial charge in [0.05, 0.1) is 6.04 Å². The number of alkyl halides is 3. The number of pyridine rings is 2. The Bertz CT molecular complexity index is 943. The second-order valence-corrected chi connectivity index (χ2v) is 7.44. The van der Waals surface area contributed by atoms with Gasteiger partial charge in [-0.1, -0.05) is 0 Å². The van der Waals surface area contributed by atoms with E-state index in [9.17, 15) is 22.8 Å². The van der Waals surface area contributed by atoms with Crippen LogP contribution in [0.3, 0.4) is 0 Å². The van der Waals surface area contributed by atoms with Crippen molar-refractivity contribution in [2.45, 2.75) is 45.3 Å². The summed E-state index contributed by atoms with van der Waals surface area (Å²) >= 11 is 0. The lowest BCUT2D eigenvalue weighted by Gasteiger charge is -2.16. The third-order valence-electron chi connectivity index (χ3n) is 4.74. The Kier molecular flexibility index (Phi) is 6.38. The number of nitrogens with zero attached hydrogens (tertiary/aromatic N) is 2. The summed E-state index contributed by atoms with van der Waals surface area (Å²) in [5.74, 6) is -0.181. The number of hydrogen-bond donors (Lipinski definition) is 1. The summed E-state index contributed by atoms with van der Waals surface area (Å²) in [4.78, 5) is 32.6. The number of ketones is 1. The number of aryl methyl sites for hydroxylation is 1. The lowest BCUT2D eigenvalue weighted by Crippen LogP contribution is -2.27. The van der Waals surface area contributed by atoms with Crippen molar-refractivity contribution in [3.05, 3.63) is 53.0 Å². The number of carbonyl (C=O) groups excluding carboxylic acids is 2. The number of nitrogens with one attached hydrogen (secondary N) is 1. The highest BCUT2D eigenvalue weighted by Gasteiger charge is 2.30. The van der Waals surface area contributed by atoms with Gasteiger partial charge in [-0.3, -0.25) is 14.6 Å². The molecule has 6 nitrogen and oxygen atoms in total. The molecule has 0 saturated heterocycles. The van der Waals surface area contributed by atoms with Gasteiger partial charge in [0.1, 0.15) is 5.78 Å². The molecule has 2 aromatic heterocycles. The Labute approximate surface area is 171 Å². The predicted octanol–water partition coefficient (Wildman–Crippen LogP) is 3.74. The fourth-order valence-corrected chi connectivity index (χ4v) is 2.93. The maximum atomic E-state index is 12.6. The Morgan fingerprint density at radius 3 is 2.63 bits per heavy atom. The van der Waals surface area contributed by atoms with Crippen molar-refractivity contribution < 1.29 is 27.5 Å². The number of halogens is 3. The second-order valence-electron chi connectivity index (χ2n) is 7.44. The molecule has 0 radical (unpaired) electrons. The van der Waals surface area contributed by atoms with E-state index in [0.717, 1.165) is 12.8 Å². The number of hydrogen-bond acceptors (Lipinski definition) is 5. The van der Waals surface area contributed by atoms with Crippen molar-refractivity contribution >= 4 is 11.7 Å². The minimum absolute atomic E-state index is 0.103. The molecule has 2 aromatic rings. The molecule has 1 aliphatic carbocycles. The van der Waals surface area contributed by atoms with Gasteiger partial charge in [0.2, 0.25) is 5.88 Å². The van der Waals surface area contributed by atoms with Gasteiger partial charge in [-0.2, -0.15) is 13.2 Å². The van der Waals surface area contributed by atoms with E-state index in [1.54, 1.807) is 32.0 Å². The molecule has 1 saturated carbocycles. The van der Waals surface area contributed by atoms with Gasteiger partial charge in [-0.15, -0.1) is 0 Å². The molecule has 160 valence electrons. The quantitative estimate of drug-likeness (QED) is 0.702. The highest BCUT2D eigenvalue weighted by atomic mass is 19.4. The number of amides is 1. The van der Waals surface area contributed by atoms with Crippen molar-refractivity contribution in [2.24, 2.45) is 5.92 Å². The van der Waals surface area contributed by atoms with Gasteiger partial charge in [0, 0.05) is 41.6 Å². The fraction of sp³-hybridized carbons (Fsp3) is 0.429. The van der Waals surface area contributed by atoms with Crippen LogP contribution in [0.25, 0.3) is 0 Å². The van der Waals surface area contributed by atoms with E-state index < -0.39 is 18.8 Å². The van der Waals surface area contributed by atoms with E-state index in [-0.39, 0.29) is 29.9 Å². The van der Waals surface area contributed by atoms with Gasteiger partial charge in [0.25, 0.3) is 5.91 Å². The standard InChI is InChI=1S/C21H22F3N3O3/c1-12-7-16(10-26-20(12)30-11-21(22,23)24)13(2)27-19(29)15-5-6-25-17(8-15)9-18(28)14-3-4-14/h5-8,10,13-14H,3-4,9,11H2,1-2H3,(H,27,29). The monoisotopic (exact) mass is 421 g/mol. The summed E-state index contributed by atoms with van der Waals surface area (Å²) in [6, 6.07) is 4.34. The SMILES string of the molecule is Cc1cc(C(C)NC(=O)c2ccnc(CC(=O)C3CC3)c2)cnc1OCC(F)(F)F. The van der Waals surface area contributed by atoms with Crippen LogP contribution in [-0.2, 0) is 11.2 Å². The summed E-state index contributed by atoms with van der Waals surface area (Å²) in [6.07, 6.45) is 0.474. The maximum absolute atomic E-state index is 12.6. The molecule has 0 aromatic carbocycles. The Hall–Kier alpha value is -2.97. The van der Waals surface area contributed by atoms with E-state index in [4.69, 9.17) is 4.74 Å². The molecule has 30 heavy (non-hydrogen) atoms. The molecule has 3 rings (SSSR count). The molecule has 1 aliphatic rings. The third-order valence-corrected chi connectivity index (χ3v) is 4.74. The molecule has 0 spiro atoms. The van der Waals surface area contributed by atoms with Crippen LogP contribution in [0.4, 0.5) is 13.2 Å². The van der Waals surface area contributed by atoms with Gasteiger partial charge >= 0.3 is 6.18 Å².